The van der Waals surface area contributed by atoms with Crippen molar-refractivity contribution in [2.75, 3.05) is 39.4 Å². The van der Waals surface area contributed by atoms with E-state index in [0.717, 1.165) is 72.9 Å². The number of urea groups is 1. The molecule has 3 N–H and O–H groups in total. The summed E-state index contributed by atoms with van der Waals surface area (Å²) in [5, 5.41) is 17.4. The first-order valence-corrected chi connectivity index (χ1v) is 13.9. The number of ether oxygens (including phenoxy) is 2. The second kappa shape index (κ2) is 11.5. The Kier molecular flexibility index (Phi) is 7.48. The highest BCUT2D eigenvalue weighted by Crippen LogP contribution is 2.34. The van der Waals surface area contributed by atoms with E-state index < -0.39 is 0 Å². The number of piperidine rings is 1. The molecule has 3 aromatic rings. The van der Waals surface area contributed by atoms with E-state index in [2.05, 4.69) is 38.8 Å². The molecule has 0 spiro atoms. The Morgan fingerprint density at radius 2 is 2.00 bits per heavy atom. The lowest BCUT2D eigenvalue weighted by Crippen LogP contribution is -2.49. The fourth-order valence-corrected chi connectivity index (χ4v) is 5.63. The van der Waals surface area contributed by atoms with Crippen LogP contribution in [0, 0.1) is 11.3 Å². The molecular weight excluding hydrogens is 492 g/mol. The first kappa shape index (κ1) is 25.4. The van der Waals surface area contributed by atoms with Crippen molar-refractivity contribution in [3.8, 4) is 22.9 Å². The van der Waals surface area contributed by atoms with Crippen molar-refractivity contribution in [3.05, 3.63) is 53.9 Å². The number of H-pyrrole nitrogens is 1. The molecule has 2 amide bonds. The van der Waals surface area contributed by atoms with E-state index in [1.807, 2.05) is 35.5 Å². The summed E-state index contributed by atoms with van der Waals surface area (Å²) < 4.78 is 11.6. The number of fused-ring (bicyclic) bond motifs is 1. The van der Waals surface area contributed by atoms with Gasteiger partial charge in [-0.05, 0) is 67.3 Å². The predicted octanol–water partition coefficient (Wildman–Crippen LogP) is 4.21. The second-order valence-corrected chi connectivity index (χ2v) is 10.5. The number of aromatic amines is 1. The summed E-state index contributed by atoms with van der Waals surface area (Å²) in [4.78, 5) is 22.6. The molecule has 3 aliphatic heterocycles. The zero-order valence-electron chi connectivity index (χ0n) is 22.0. The van der Waals surface area contributed by atoms with Gasteiger partial charge in [0.2, 0.25) is 0 Å². The molecule has 0 aliphatic carbocycles. The van der Waals surface area contributed by atoms with E-state index in [4.69, 9.17) is 9.47 Å². The van der Waals surface area contributed by atoms with E-state index in [0.29, 0.717) is 37.6 Å². The summed E-state index contributed by atoms with van der Waals surface area (Å²) >= 11 is 0. The molecule has 2 fully saturated rings. The van der Waals surface area contributed by atoms with Gasteiger partial charge in [0, 0.05) is 55.3 Å². The highest BCUT2D eigenvalue weighted by molar-refractivity contribution is 5.95. The first-order valence-electron chi connectivity index (χ1n) is 13.9. The first-order chi connectivity index (χ1) is 19.2. The van der Waals surface area contributed by atoms with Gasteiger partial charge in [-0.2, -0.15) is 5.26 Å². The number of aromatic nitrogens is 2. The minimum Gasteiger partial charge on any atom is -0.489 e. The van der Waals surface area contributed by atoms with Crippen LogP contribution in [0.5, 0.6) is 5.75 Å². The summed E-state index contributed by atoms with van der Waals surface area (Å²) in [5.74, 6) is 0.618. The highest BCUT2D eigenvalue weighted by Gasteiger charge is 2.23. The molecule has 3 aliphatic rings. The zero-order valence-corrected chi connectivity index (χ0v) is 22.0. The monoisotopic (exact) mass is 526 g/mol. The lowest BCUT2D eigenvalue weighted by Gasteiger charge is -2.30. The molecule has 0 radical (unpaired) electrons. The van der Waals surface area contributed by atoms with E-state index in [1.165, 1.54) is 5.57 Å². The maximum absolute atomic E-state index is 12.8. The molecule has 9 nitrogen and oxygen atoms in total. The van der Waals surface area contributed by atoms with Crippen molar-refractivity contribution >= 4 is 22.6 Å². The van der Waals surface area contributed by atoms with Crippen LogP contribution in [0.2, 0.25) is 0 Å². The van der Waals surface area contributed by atoms with E-state index >= 15 is 0 Å². The Balaban J connectivity index is 1.18. The fraction of sp³-hybridized carbons (Fsp3) is 0.433. The molecule has 6 rings (SSSR count). The lowest BCUT2D eigenvalue weighted by molar-refractivity contribution is 0.0254. The van der Waals surface area contributed by atoms with Crippen molar-refractivity contribution in [3.63, 3.8) is 0 Å². The number of carbonyl (C=O) groups excluding carboxylic acids is 1. The quantitative estimate of drug-likeness (QED) is 0.459. The molecular formula is C30H34N6O3. The minimum absolute atomic E-state index is 0.0243. The number of pyridine rings is 1. The molecule has 0 bridgehead atoms. The number of nitriles is 1. The second-order valence-electron chi connectivity index (χ2n) is 10.5. The zero-order chi connectivity index (χ0) is 26.6. The van der Waals surface area contributed by atoms with Gasteiger partial charge in [-0.25, -0.2) is 9.78 Å². The summed E-state index contributed by atoms with van der Waals surface area (Å²) in [6, 6.07) is 10.5. The third kappa shape index (κ3) is 5.63. The maximum Gasteiger partial charge on any atom is 0.317 e. The predicted molar refractivity (Wildman–Crippen MR) is 149 cm³/mol. The molecule has 5 heterocycles. The number of hydrogen-bond acceptors (Lipinski definition) is 6. The topological polar surface area (TPSA) is 115 Å². The molecule has 39 heavy (non-hydrogen) atoms. The van der Waals surface area contributed by atoms with Crippen LogP contribution in [0.3, 0.4) is 0 Å². The Morgan fingerprint density at radius 3 is 2.77 bits per heavy atom. The van der Waals surface area contributed by atoms with Crippen LogP contribution in [-0.4, -0.2) is 72.4 Å². The van der Waals surface area contributed by atoms with Gasteiger partial charge in [-0.3, -0.25) is 0 Å². The Labute approximate surface area is 228 Å². The highest BCUT2D eigenvalue weighted by atomic mass is 16.5. The van der Waals surface area contributed by atoms with Crippen molar-refractivity contribution in [1.29, 1.82) is 5.26 Å². The molecule has 9 heteroatoms. The van der Waals surface area contributed by atoms with E-state index in [9.17, 15) is 10.1 Å². The van der Waals surface area contributed by atoms with Crippen LogP contribution in [0.4, 0.5) is 4.79 Å². The van der Waals surface area contributed by atoms with Gasteiger partial charge in [0.1, 0.15) is 23.6 Å². The number of carbonyl (C=O) groups is 1. The average Bonchev–Trinajstić information content (AvgIpc) is 3.42. The van der Waals surface area contributed by atoms with Crippen molar-refractivity contribution in [1.82, 2.24) is 25.5 Å². The number of nitrogens with one attached hydrogen (secondary N) is 3. The number of amides is 2. The summed E-state index contributed by atoms with van der Waals surface area (Å²) in [5.41, 5.74) is 5.51. The van der Waals surface area contributed by atoms with Gasteiger partial charge in [-0.15, -0.1) is 0 Å². The molecule has 1 aromatic carbocycles. The van der Waals surface area contributed by atoms with Crippen LogP contribution < -0.4 is 15.4 Å². The number of rotatable bonds is 5. The summed E-state index contributed by atoms with van der Waals surface area (Å²) in [7, 11) is 0. The van der Waals surface area contributed by atoms with Gasteiger partial charge in [-0.1, -0.05) is 12.1 Å². The van der Waals surface area contributed by atoms with Crippen LogP contribution in [0.25, 0.3) is 27.7 Å². The van der Waals surface area contributed by atoms with E-state index in [1.54, 1.807) is 0 Å². The molecule has 0 unspecified atom stereocenters. The third-order valence-corrected chi connectivity index (χ3v) is 7.94. The largest absolute Gasteiger partial charge is 0.489 e. The van der Waals surface area contributed by atoms with Gasteiger partial charge in [0.05, 0.1) is 18.8 Å². The molecule has 0 saturated carbocycles. The Bertz CT molecular complexity index is 1410. The maximum atomic E-state index is 12.8. The van der Waals surface area contributed by atoms with Gasteiger partial charge in [0.25, 0.3) is 0 Å². The fourth-order valence-electron chi connectivity index (χ4n) is 5.63. The smallest absolute Gasteiger partial charge is 0.317 e. The number of benzene rings is 1. The standard InChI is InChI=1S/C30H34N6O3/c31-17-22-15-21(1-2-28(22)39-25-7-13-38-14-8-25)27-19-34-29-26(27)16-23(18-33-29)20-5-11-36(12-6-20)30(37)35-24-3-9-32-10-4-24/h1-2,5,15-16,18-19,24-25,32H,3-4,6-14H2,(H,33,34)(H,35,37). The van der Waals surface area contributed by atoms with Crippen molar-refractivity contribution in [2.24, 2.45) is 0 Å². The average molecular weight is 527 g/mol. The Morgan fingerprint density at radius 1 is 1.15 bits per heavy atom. The molecule has 2 aromatic heterocycles. The van der Waals surface area contributed by atoms with Crippen LogP contribution >= 0.6 is 0 Å². The number of nitrogens with zero attached hydrogens (tertiary/aromatic N) is 3. The van der Waals surface area contributed by atoms with Crippen LogP contribution in [0.15, 0.2) is 42.7 Å². The van der Waals surface area contributed by atoms with Gasteiger partial charge in [0.15, 0.2) is 0 Å². The van der Waals surface area contributed by atoms with Crippen LogP contribution in [0.1, 0.15) is 43.2 Å². The molecule has 2 saturated heterocycles. The molecule has 0 atom stereocenters. The Hall–Kier alpha value is -3.87. The minimum atomic E-state index is 0.0243. The van der Waals surface area contributed by atoms with E-state index in [-0.39, 0.29) is 18.2 Å². The summed E-state index contributed by atoms with van der Waals surface area (Å²) in [6.07, 6.45) is 10.5. The third-order valence-electron chi connectivity index (χ3n) is 7.94. The molecule has 202 valence electrons. The lowest BCUT2D eigenvalue weighted by atomic mass is 9.98. The van der Waals surface area contributed by atoms with Gasteiger partial charge >= 0.3 is 6.03 Å². The van der Waals surface area contributed by atoms with Crippen LogP contribution in [-0.2, 0) is 4.74 Å². The normalized spacial score (nSPS) is 18.9. The van der Waals surface area contributed by atoms with Crippen molar-refractivity contribution in [2.45, 2.75) is 44.2 Å². The summed E-state index contributed by atoms with van der Waals surface area (Å²) in [6.45, 7) is 4.56. The number of hydrogen-bond donors (Lipinski definition) is 3. The van der Waals surface area contributed by atoms with Crippen molar-refractivity contribution < 1.29 is 14.3 Å². The van der Waals surface area contributed by atoms with Gasteiger partial charge < -0.3 is 30.0 Å². The SMILES string of the molecule is N#Cc1cc(-c2c[nH]c3ncc(C4=CCN(C(=O)NC5CCNCC5)CC4)cc23)ccc1OC1CCOCC1.